The largest absolute Gasteiger partial charge is 0.497 e. The highest BCUT2D eigenvalue weighted by Crippen LogP contribution is 2.28. The van der Waals surface area contributed by atoms with Gasteiger partial charge in [-0.1, -0.05) is 11.3 Å². The van der Waals surface area contributed by atoms with Crippen molar-refractivity contribution in [2.45, 2.75) is 13.0 Å². The molecule has 1 saturated heterocycles. The van der Waals surface area contributed by atoms with Crippen LogP contribution < -0.4 is 15.0 Å². The molecule has 1 aliphatic rings. The Balaban J connectivity index is 1.63. The number of hydrogen-bond donors (Lipinski definition) is 1. The molecule has 0 aliphatic carbocycles. The predicted molar refractivity (Wildman–Crippen MR) is 92.7 cm³/mol. The topological polar surface area (TPSA) is 93.7 Å². The first-order valence-corrected chi connectivity index (χ1v) is 8.49. The SMILES string of the molecule is COCc1nnc(NC(=O)C2CC(=O)N(c3ccc(OC)cc3)C2)s1. The number of aromatic nitrogens is 2. The Morgan fingerprint density at radius 3 is 2.76 bits per heavy atom. The molecule has 2 aromatic rings. The van der Waals surface area contributed by atoms with Gasteiger partial charge in [0.05, 0.1) is 13.0 Å². The molecule has 1 unspecified atom stereocenters. The lowest BCUT2D eigenvalue weighted by atomic mass is 10.1. The zero-order valence-electron chi connectivity index (χ0n) is 13.9. The van der Waals surface area contributed by atoms with Crippen molar-refractivity contribution < 1.29 is 19.1 Å². The van der Waals surface area contributed by atoms with Crippen LogP contribution in [0, 0.1) is 5.92 Å². The third-order valence-electron chi connectivity index (χ3n) is 3.84. The van der Waals surface area contributed by atoms with Gasteiger partial charge >= 0.3 is 0 Å². The predicted octanol–water partition coefficient (Wildman–Crippen LogP) is 1.68. The second-order valence-corrected chi connectivity index (χ2v) is 6.59. The summed E-state index contributed by atoms with van der Waals surface area (Å²) in [5.74, 6) is -0.0238. The Kier molecular flexibility index (Phi) is 5.25. The number of hydrogen-bond acceptors (Lipinski definition) is 7. The molecule has 0 bridgehead atoms. The summed E-state index contributed by atoms with van der Waals surface area (Å²) in [7, 11) is 3.15. The smallest absolute Gasteiger partial charge is 0.231 e. The Morgan fingerprint density at radius 2 is 2.08 bits per heavy atom. The standard InChI is InChI=1S/C16H18N4O4S/c1-23-9-13-18-19-16(25-13)17-15(22)10-7-14(21)20(8-10)11-3-5-12(24-2)6-4-11/h3-6,10H,7-9H2,1-2H3,(H,17,19,22). The lowest BCUT2D eigenvalue weighted by Crippen LogP contribution is -2.28. The molecule has 1 aromatic heterocycles. The highest BCUT2D eigenvalue weighted by molar-refractivity contribution is 7.15. The molecule has 0 spiro atoms. The van der Waals surface area contributed by atoms with Gasteiger partial charge in [0.1, 0.15) is 17.4 Å². The number of benzene rings is 1. The van der Waals surface area contributed by atoms with E-state index in [0.717, 1.165) is 5.69 Å². The van der Waals surface area contributed by atoms with Crippen LogP contribution in [0.1, 0.15) is 11.4 Å². The number of anilines is 2. The minimum absolute atomic E-state index is 0.0809. The fourth-order valence-electron chi connectivity index (χ4n) is 2.59. The number of nitrogens with one attached hydrogen (secondary N) is 1. The van der Waals surface area contributed by atoms with Crippen molar-refractivity contribution in [3.05, 3.63) is 29.3 Å². The Bertz CT molecular complexity index is 762. The molecule has 2 heterocycles. The number of rotatable bonds is 6. The van der Waals surface area contributed by atoms with Crippen LogP contribution in [0.5, 0.6) is 5.75 Å². The van der Waals surface area contributed by atoms with Crippen LogP contribution in [0.4, 0.5) is 10.8 Å². The molecule has 1 N–H and O–H groups in total. The van der Waals surface area contributed by atoms with Gasteiger partial charge in [-0.25, -0.2) is 0 Å². The van der Waals surface area contributed by atoms with Crippen LogP contribution in [-0.2, 0) is 20.9 Å². The zero-order chi connectivity index (χ0) is 17.8. The lowest BCUT2D eigenvalue weighted by molar-refractivity contribution is -0.122. The van der Waals surface area contributed by atoms with Crippen molar-refractivity contribution in [3.8, 4) is 5.75 Å². The van der Waals surface area contributed by atoms with Crippen molar-refractivity contribution in [3.63, 3.8) is 0 Å². The van der Waals surface area contributed by atoms with Gasteiger partial charge in [0.15, 0.2) is 0 Å². The van der Waals surface area contributed by atoms with Gasteiger partial charge in [0.25, 0.3) is 0 Å². The molecular formula is C16H18N4O4S. The van der Waals surface area contributed by atoms with Gasteiger partial charge < -0.3 is 19.7 Å². The Labute approximate surface area is 148 Å². The van der Waals surface area contributed by atoms with Gasteiger partial charge in [-0.2, -0.15) is 0 Å². The molecule has 1 atom stereocenters. The lowest BCUT2D eigenvalue weighted by Gasteiger charge is -2.16. The second kappa shape index (κ2) is 7.58. The molecule has 1 aliphatic heterocycles. The zero-order valence-corrected chi connectivity index (χ0v) is 14.7. The van der Waals surface area contributed by atoms with E-state index >= 15 is 0 Å². The van der Waals surface area contributed by atoms with E-state index < -0.39 is 5.92 Å². The maximum absolute atomic E-state index is 12.4. The number of methoxy groups -OCH3 is 2. The summed E-state index contributed by atoms with van der Waals surface area (Å²) in [5, 5.41) is 11.6. The van der Waals surface area contributed by atoms with Crippen molar-refractivity contribution in [2.24, 2.45) is 5.92 Å². The first kappa shape index (κ1) is 17.3. The fraction of sp³-hybridized carbons (Fsp3) is 0.375. The van der Waals surface area contributed by atoms with Crippen LogP contribution in [0.15, 0.2) is 24.3 Å². The molecule has 1 fully saturated rings. The van der Waals surface area contributed by atoms with E-state index in [0.29, 0.717) is 29.0 Å². The van der Waals surface area contributed by atoms with Crippen LogP contribution in [0.2, 0.25) is 0 Å². The van der Waals surface area contributed by atoms with Crippen LogP contribution in [-0.4, -0.2) is 42.8 Å². The minimum Gasteiger partial charge on any atom is -0.497 e. The maximum Gasteiger partial charge on any atom is 0.231 e. The third kappa shape index (κ3) is 3.94. The molecule has 8 nitrogen and oxygen atoms in total. The van der Waals surface area contributed by atoms with E-state index in [9.17, 15) is 9.59 Å². The second-order valence-electron chi connectivity index (χ2n) is 5.53. The summed E-state index contributed by atoms with van der Waals surface area (Å²) < 4.78 is 10.1. The number of nitrogens with zero attached hydrogens (tertiary/aromatic N) is 3. The molecule has 25 heavy (non-hydrogen) atoms. The highest BCUT2D eigenvalue weighted by Gasteiger charge is 2.35. The molecule has 9 heteroatoms. The monoisotopic (exact) mass is 362 g/mol. The van der Waals surface area contributed by atoms with Gasteiger partial charge in [-0.3, -0.25) is 9.59 Å². The first-order chi connectivity index (χ1) is 12.1. The van der Waals surface area contributed by atoms with E-state index in [1.165, 1.54) is 11.3 Å². The third-order valence-corrected chi connectivity index (χ3v) is 4.66. The Hall–Kier alpha value is -2.52. The summed E-state index contributed by atoms with van der Waals surface area (Å²) in [6.45, 7) is 0.682. The van der Waals surface area contributed by atoms with Crippen LogP contribution in [0.25, 0.3) is 0 Å². The average molecular weight is 362 g/mol. The number of amides is 2. The number of ether oxygens (including phenoxy) is 2. The summed E-state index contributed by atoms with van der Waals surface area (Å²) in [6, 6.07) is 7.18. The van der Waals surface area contributed by atoms with Crippen molar-refractivity contribution in [1.82, 2.24) is 10.2 Å². The van der Waals surface area contributed by atoms with E-state index in [2.05, 4.69) is 15.5 Å². The summed E-state index contributed by atoms with van der Waals surface area (Å²) in [6.07, 6.45) is 0.168. The summed E-state index contributed by atoms with van der Waals surface area (Å²) in [5.41, 5.74) is 0.749. The van der Waals surface area contributed by atoms with Crippen molar-refractivity contribution in [2.75, 3.05) is 31.0 Å². The van der Waals surface area contributed by atoms with Gasteiger partial charge in [0, 0.05) is 25.8 Å². The molecule has 2 amide bonds. The van der Waals surface area contributed by atoms with E-state index in [1.807, 2.05) is 0 Å². The number of carbonyl (C=O) groups excluding carboxylic acids is 2. The van der Waals surface area contributed by atoms with Gasteiger partial charge in [-0.15, -0.1) is 10.2 Å². The van der Waals surface area contributed by atoms with E-state index in [-0.39, 0.29) is 18.2 Å². The van der Waals surface area contributed by atoms with Crippen molar-refractivity contribution >= 4 is 34.0 Å². The van der Waals surface area contributed by atoms with Crippen molar-refractivity contribution in [1.29, 1.82) is 0 Å². The summed E-state index contributed by atoms with van der Waals surface area (Å²) >= 11 is 1.26. The fourth-order valence-corrected chi connectivity index (χ4v) is 3.30. The maximum atomic E-state index is 12.4. The average Bonchev–Trinajstić information content (AvgIpc) is 3.22. The molecule has 132 valence electrons. The Morgan fingerprint density at radius 1 is 1.32 bits per heavy atom. The molecule has 0 radical (unpaired) electrons. The van der Waals surface area contributed by atoms with E-state index in [1.54, 1.807) is 43.4 Å². The molecule has 3 rings (SSSR count). The van der Waals surface area contributed by atoms with Gasteiger partial charge in [-0.05, 0) is 24.3 Å². The normalized spacial score (nSPS) is 17.0. The highest BCUT2D eigenvalue weighted by atomic mass is 32.1. The van der Waals surface area contributed by atoms with Gasteiger partial charge in [0.2, 0.25) is 16.9 Å². The molecule has 0 saturated carbocycles. The minimum atomic E-state index is -0.427. The van der Waals surface area contributed by atoms with Crippen LogP contribution >= 0.6 is 11.3 Å². The van der Waals surface area contributed by atoms with Crippen LogP contribution in [0.3, 0.4) is 0 Å². The quantitative estimate of drug-likeness (QED) is 0.840. The first-order valence-electron chi connectivity index (χ1n) is 7.67. The molecular weight excluding hydrogens is 344 g/mol. The summed E-state index contributed by atoms with van der Waals surface area (Å²) in [4.78, 5) is 26.3. The van der Waals surface area contributed by atoms with E-state index in [4.69, 9.17) is 9.47 Å². The molecule has 1 aromatic carbocycles. The number of carbonyl (C=O) groups is 2.